The lowest BCUT2D eigenvalue weighted by molar-refractivity contribution is -0.164. The van der Waals surface area contributed by atoms with Crippen LogP contribution in [0, 0.1) is 0 Å². The Hall–Kier alpha value is -2.98. The molecule has 0 fully saturated rings. The largest absolute Gasteiger partial charge is 0.481 e. The molecule has 0 bridgehead atoms. The van der Waals surface area contributed by atoms with Crippen molar-refractivity contribution >= 4 is 35.8 Å². The van der Waals surface area contributed by atoms with Crippen molar-refractivity contribution in [3.8, 4) is 0 Å². The van der Waals surface area contributed by atoms with Crippen molar-refractivity contribution in [3.63, 3.8) is 0 Å². The van der Waals surface area contributed by atoms with Crippen molar-refractivity contribution < 1.29 is 53.6 Å². The highest BCUT2D eigenvalue weighted by Crippen LogP contribution is 2.16. The van der Waals surface area contributed by atoms with E-state index >= 15 is 0 Å². The normalized spacial score (nSPS) is 11.6. The summed E-state index contributed by atoms with van der Waals surface area (Å²) in [4.78, 5) is 68.5. The van der Waals surface area contributed by atoms with Crippen LogP contribution in [0.15, 0.2) is 0 Å². The van der Waals surface area contributed by atoms with Gasteiger partial charge in [0.2, 0.25) is 0 Å². The van der Waals surface area contributed by atoms with E-state index < -0.39 is 41.9 Å². The first-order valence-electron chi connectivity index (χ1n) is 20.2. The van der Waals surface area contributed by atoms with Crippen LogP contribution in [0.2, 0.25) is 0 Å². The van der Waals surface area contributed by atoms with Gasteiger partial charge in [-0.3, -0.25) is 24.0 Å². The van der Waals surface area contributed by atoms with Crippen LogP contribution in [0.25, 0.3) is 0 Å². The summed E-state index contributed by atoms with van der Waals surface area (Å²) < 4.78 is 10.2. The number of rotatable bonds is 38. The molecule has 0 saturated heterocycles. The minimum atomic E-state index is -1.10. The molecule has 0 heterocycles. The second kappa shape index (κ2) is 35.4. The van der Waals surface area contributed by atoms with Gasteiger partial charge in [0.15, 0.2) is 6.10 Å². The maximum atomic E-state index is 12.2. The summed E-state index contributed by atoms with van der Waals surface area (Å²) in [6, 6.07) is 0. The Morgan fingerprint density at radius 1 is 0.333 bits per heavy atom. The zero-order valence-electron chi connectivity index (χ0n) is 31.5. The summed E-state index contributed by atoms with van der Waals surface area (Å²) in [7, 11) is 0. The summed E-state index contributed by atoms with van der Waals surface area (Å²) in [5.41, 5.74) is 0. The highest BCUT2D eigenvalue weighted by Gasteiger charge is 2.21. The van der Waals surface area contributed by atoms with Crippen molar-refractivity contribution in [3.05, 3.63) is 0 Å². The molecule has 0 spiro atoms. The maximum Gasteiger partial charge on any atom is 0.345 e. The lowest BCUT2D eigenvalue weighted by atomic mass is 10.0. The third-order valence-corrected chi connectivity index (χ3v) is 9.17. The van der Waals surface area contributed by atoms with E-state index in [0.29, 0.717) is 25.7 Å². The van der Waals surface area contributed by atoms with Crippen molar-refractivity contribution in [1.29, 1.82) is 0 Å². The molecule has 3 N–H and O–H groups in total. The first-order valence-corrected chi connectivity index (χ1v) is 20.2. The zero-order valence-corrected chi connectivity index (χ0v) is 31.5. The highest BCUT2D eigenvalue weighted by molar-refractivity contribution is 5.85. The fourth-order valence-corrected chi connectivity index (χ4v) is 6.08. The Morgan fingerprint density at radius 2 is 0.588 bits per heavy atom. The molecule has 0 aromatic rings. The van der Waals surface area contributed by atoms with Crippen molar-refractivity contribution in [2.24, 2.45) is 0 Å². The molecular weight excluding hydrogens is 656 g/mol. The van der Waals surface area contributed by atoms with Crippen LogP contribution in [-0.4, -0.2) is 57.2 Å². The van der Waals surface area contributed by atoms with Gasteiger partial charge in [0, 0.05) is 32.1 Å². The molecule has 0 saturated carbocycles. The van der Waals surface area contributed by atoms with Crippen LogP contribution < -0.4 is 0 Å². The van der Waals surface area contributed by atoms with Gasteiger partial charge >= 0.3 is 35.8 Å². The number of esters is 3. The Labute approximate surface area is 307 Å². The zero-order chi connectivity index (χ0) is 37.8. The van der Waals surface area contributed by atoms with Crippen LogP contribution >= 0.6 is 0 Å². The number of hydrogen-bond acceptors (Lipinski definition) is 8. The van der Waals surface area contributed by atoms with E-state index in [1.807, 2.05) is 0 Å². The fourth-order valence-electron chi connectivity index (χ4n) is 6.08. The van der Waals surface area contributed by atoms with Gasteiger partial charge in [-0.15, -0.1) is 0 Å². The summed E-state index contributed by atoms with van der Waals surface area (Å²) >= 11 is 0. The quantitative estimate of drug-likeness (QED) is 0.0313. The standard InChI is InChI=1S/C40H70O11/c41-35(42)29-23-17-11-4-3-7-15-21-27-33-39(47)51-38(46)32-26-20-14-6-2-1-5-13-19-25-31-37(45)50-34(40(48)49)28-22-16-10-8-9-12-18-24-30-36(43)44/h34H,1-33H2,(H,41,42)(H,43,44)(H,48,49). The molecule has 0 rings (SSSR count). The maximum absolute atomic E-state index is 12.2. The average molecular weight is 727 g/mol. The molecule has 11 heteroatoms. The average Bonchev–Trinajstić information content (AvgIpc) is 3.07. The number of carbonyl (C=O) groups excluding carboxylic acids is 3. The molecule has 0 aliphatic rings. The molecular formula is C40H70O11. The Morgan fingerprint density at radius 3 is 0.882 bits per heavy atom. The van der Waals surface area contributed by atoms with Gasteiger partial charge in [0.1, 0.15) is 0 Å². The Balaban J connectivity index is 3.57. The molecule has 0 aromatic heterocycles. The Bertz CT molecular complexity index is 933. The van der Waals surface area contributed by atoms with E-state index in [2.05, 4.69) is 0 Å². The predicted octanol–water partition coefficient (Wildman–Crippen LogP) is 10.1. The predicted molar refractivity (Wildman–Crippen MR) is 196 cm³/mol. The second-order valence-electron chi connectivity index (χ2n) is 14.0. The van der Waals surface area contributed by atoms with Crippen LogP contribution in [0.1, 0.15) is 212 Å². The van der Waals surface area contributed by atoms with Crippen molar-refractivity contribution in [1.82, 2.24) is 0 Å². The third kappa shape index (κ3) is 36.6. The number of aliphatic carboxylic acids is 3. The summed E-state index contributed by atoms with van der Waals surface area (Å²) in [6.07, 6.45) is 26.4. The van der Waals surface area contributed by atoms with Gasteiger partial charge in [-0.2, -0.15) is 0 Å². The van der Waals surface area contributed by atoms with E-state index in [1.165, 1.54) is 0 Å². The summed E-state index contributed by atoms with van der Waals surface area (Å²) in [5.74, 6) is -3.89. The lowest BCUT2D eigenvalue weighted by Crippen LogP contribution is -2.27. The smallest absolute Gasteiger partial charge is 0.345 e. The number of carboxylic acid groups (broad SMARTS) is 3. The molecule has 296 valence electrons. The topological polar surface area (TPSA) is 182 Å². The lowest BCUT2D eigenvalue weighted by Gasteiger charge is -2.13. The first kappa shape index (κ1) is 48.0. The minimum Gasteiger partial charge on any atom is -0.481 e. The number of hydrogen-bond donors (Lipinski definition) is 3. The molecule has 1 unspecified atom stereocenters. The van der Waals surface area contributed by atoms with E-state index in [-0.39, 0.29) is 32.1 Å². The van der Waals surface area contributed by atoms with Gasteiger partial charge in [0.05, 0.1) is 0 Å². The molecule has 11 nitrogen and oxygen atoms in total. The van der Waals surface area contributed by atoms with Crippen LogP contribution in [0.5, 0.6) is 0 Å². The third-order valence-electron chi connectivity index (χ3n) is 9.17. The molecule has 0 aromatic carbocycles. The van der Waals surface area contributed by atoms with Crippen LogP contribution in [0.3, 0.4) is 0 Å². The molecule has 1 atom stereocenters. The van der Waals surface area contributed by atoms with Gasteiger partial charge < -0.3 is 24.8 Å². The number of carbonyl (C=O) groups is 6. The van der Waals surface area contributed by atoms with Gasteiger partial charge in [-0.05, 0) is 44.9 Å². The number of ether oxygens (including phenoxy) is 2. The summed E-state index contributed by atoms with van der Waals surface area (Å²) in [6.45, 7) is 0. The molecule has 0 radical (unpaired) electrons. The van der Waals surface area contributed by atoms with Gasteiger partial charge in [-0.1, -0.05) is 135 Å². The second-order valence-corrected chi connectivity index (χ2v) is 14.0. The first-order chi connectivity index (χ1) is 24.6. The van der Waals surface area contributed by atoms with Crippen LogP contribution in [-0.2, 0) is 38.2 Å². The number of unbranched alkanes of at least 4 members (excludes halogenated alkanes) is 24. The SMILES string of the molecule is O=C(O)CCCCCCCCCCCC(=O)OC(=O)CCCCCCCCCCCCC(=O)OC(CCCCCCCCCCC(=O)O)C(=O)O. The Kier molecular flexibility index (Phi) is 33.4. The van der Waals surface area contributed by atoms with E-state index in [9.17, 15) is 33.9 Å². The van der Waals surface area contributed by atoms with Crippen molar-refractivity contribution in [2.75, 3.05) is 0 Å². The number of carboxylic acids is 3. The molecule has 51 heavy (non-hydrogen) atoms. The van der Waals surface area contributed by atoms with E-state index in [1.54, 1.807) is 0 Å². The monoisotopic (exact) mass is 726 g/mol. The molecule has 0 aliphatic carbocycles. The molecule has 0 amide bonds. The highest BCUT2D eigenvalue weighted by atomic mass is 16.6. The summed E-state index contributed by atoms with van der Waals surface area (Å²) in [5, 5.41) is 26.7. The fraction of sp³-hybridized carbons (Fsp3) is 0.850. The van der Waals surface area contributed by atoms with Crippen molar-refractivity contribution in [2.45, 2.75) is 218 Å². The minimum absolute atomic E-state index is 0.222. The van der Waals surface area contributed by atoms with Gasteiger partial charge in [0.25, 0.3) is 0 Å². The van der Waals surface area contributed by atoms with Gasteiger partial charge in [-0.25, -0.2) is 4.79 Å². The van der Waals surface area contributed by atoms with Crippen LogP contribution in [0.4, 0.5) is 0 Å². The van der Waals surface area contributed by atoms with E-state index in [0.717, 1.165) is 154 Å². The molecule has 0 aliphatic heterocycles. The van der Waals surface area contributed by atoms with E-state index in [4.69, 9.17) is 19.7 Å².